The third-order valence-electron chi connectivity index (χ3n) is 5.43. The van der Waals surface area contributed by atoms with Crippen molar-refractivity contribution in [2.75, 3.05) is 0 Å². The molecule has 47 heavy (non-hydrogen) atoms. The molecule has 0 spiro atoms. The predicted octanol–water partition coefficient (Wildman–Crippen LogP) is 7.96. The zero-order valence-electron chi connectivity index (χ0n) is 24.4. The molecule has 242 valence electrons. The summed E-state index contributed by atoms with van der Waals surface area (Å²) < 4.78 is 59.9. The molecule has 0 saturated heterocycles. The first kappa shape index (κ1) is 39.0. The van der Waals surface area contributed by atoms with E-state index in [2.05, 4.69) is 53.0 Å². The van der Waals surface area contributed by atoms with Gasteiger partial charge in [0.15, 0.2) is 10.1 Å². The minimum absolute atomic E-state index is 0. The quantitative estimate of drug-likeness (QED) is 0.0765. The van der Waals surface area contributed by atoms with Gasteiger partial charge in [0, 0.05) is 31.0 Å². The van der Waals surface area contributed by atoms with Crippen LogP contribution >= 0.6 is 15.9 Å². The number of halogens is 4. The molecule has 1 aromatic carbocycles. The van der Waals surface area contributed by atoms with Gasteiger partial charge < -0.3 is 9.54 Å². The second kappa shape index (κ2) is 19.4. The first-order valence-corrected chi connectivity index (χ1v) is 15.4. The van der Waals surface area contributed by atoms with Crippen LogP contribution in [0.1, 0.15) is 5.56 Å². The molecule has 6 rings (SSSR count). The maximum absolute atomic E-state index is 10.7. The van der Waals surface area contributed by atoms with Crippen LogP contribution in [0.2, 0.25) is 0 Å². The van der Waals surface area contributed by atoms with Crippen LogP contribution in [0.15, 0.2) is 139 Å². The Morgan fingerprint density at radius 1 is 0.638 bits per heavy atom. The van der Waals surface area contributed by atoms with E-state index in [-0.39, 0.29) is 19.5 Å². The molecule has 0 aliphatic carbocycles. The smallest absolute Gasteiger partial charge is 0.741 e. The van der Waals surface area contributed by atoms with E-state index in [1.54, 1.807) is 24.8 Å². The molecule has 5 aromatic heterocycles. The number of aromatic nitrogens is 5. The van der Waals surface area contributed by atoms with Gasteiger partial charge in [-0.3, -0.25) is 19.9 Å². The maximum atomic E-state index is 10.7. The zero-order valence-corrected chi connectivity index (χ0v) is 28.6. The van der Waals surface area contributed by atoms with E-state index < -0.39 is 15.6 Å². The Labute approximate surface area is 291 Å². The summed E-state index contributed by atoms with van der Waals surface area (Å²) in [7, 11) is -6.09. The molecule has 14 heteroatoms. The first-order valence-electron chi connectivity index (χ1n) is 13.2. The van der Waals surface area contributed by atoms with E-state index in [4.69, 9.17) is 13.0 Å². The molecule has 0 saturated carbocycles. The van der Waals surface area contributed by atoms with Crippen LogP contribution in [0.5, 0.6) is 0 Å². The fourth-order valence-electron chi connectivity index (χ4n) is 3.25. The average molecular weight is 810 g/mol. The van der Waals surface area contributed by atoms with Crippen molar-refractivity contribution in [2.24, 2.45) is 0 Å². The van der Waals surface area contributed by atoms with Gasteiger partial charge in [-0.15, -0.1) is 45.8 Å². The van der Waals surface area contributed by atoms with Crippen LogP contribution in [0.4, 0.5) is 13.2 Å². The third kappa shape index (κ3) is 14.0. The normalized spacial score (nSPS) is 10.3. The number of aryl methyl sites for hydroxylation is 1. The Kier molecular flexibility index (Phi) is 16.1. The zero-order chi connectivity index (χ0) is 33.4. The molecule has 8 nitrogen and oxygen atoms in total. The molecule has 0 aliphatic heterocycles. The summed E-state index contributed by atoms with van der Waals surface area (Å²) in [5.74, 6) is 0. The van der Waals surface area contributed by atoms with E-state index in [9.17, 15) is 13.2 Å². The van der Waals surface area contributed by atoms with Crippen LogP contribution in [0.3, 0.4) is 0 Å². The minimum atomic E-state index is -6.09. The molecular weight excluding hydrogens is 784 g/mol. The SMILES string of the molecule is Cc1ccc(-c2[c-]cc(Br)cc2)nc1.O=S(=O)([O-])C(F)(F)F.[Ru+2].c1ccc(-c2ccccn2)nc1.c1ccc(-c2ccccn2)nc1. The summed E-state index contributed by atoms with van der Waals surface area (Å²) >= 11 is 3.38. The van der Waals surface area contributed by atoms with E-state index >= 15 is 0 Å². The van der Waals surface area contributed by atoms with E-state index in [1.165, 1.54) is 5.56 Å². The Bertz CT molecular complexity index is 1650. The monoisotopic (exact) mass is 809 g/mol. The molecule has 5 heterocycles. The number of pyridine rings is 5. The fourth-order valence-corrected chi connectivity index (χ4v) is 3.50. The Morgan fingerprint density at radius 3 is 1.30 bits per heavy atom. The predicted molar refractivity (Wildman–Crippen MR) is 172 cm³/mol. The van der Waals surface area contributed by atoms with Crippen LogP contribution in [0, 0.1) is 13.0 Å². The molecule has 0 N–H and O–H groups in total. The second-order valence-electron chi connectivity index (χ2n) is 8.90. The summed E-state index contributed by atoms with van der Waals surface area (Å²) in [6, 6.07) is 36.3. The van der Waals surface area contributed by atoms with Gasteiger partial charge in [-0.05, 0) is 66.7 Å². The van der Waals surface area contributed by atoms with Crippen LogP contribution < -0.4 is 0 Å². The summed E-state index contributed by atoms with van der Waals surface area (Å²) in [6.45, 7) is 2.03. The molecular formula is C33H25BrF3N5O3RuS. The van der Waals surface area contributed by atoms with Crippen molar-refractivity contribution in [2.45, 2.75) is 12.4 Å². The molecule has 0 amide bonds. The Morgan fingerprint density at radius 2 is 1.04 bits per heavy atom. The van der Waals surface area contributed by atoms with Crippen molar-refractivity contribution in [1.29, 1.82) is 0 Å². The van der Waals surface area contributed by atoms with Gasteiger partial charge in [0.2, 0.25) is 0 Å². The maximum Gasteiger partial charge on any atom is 2.00 e. The molecule has 0 bridgehead atoms. The van der Waals surface area contributed by atoms with Gasteiger partial charge in [-0.1, -0.05) is 40.9 Å². The second-order valence-corrected chi connectivity index (χ2v) is 11.2. The largest absolute Gasteiger partial charge is 2.00 e. The Hall–Kier alpha value is -4.23. The van der Waals surface area contributed by atoms with Crippen LogP contribution in [-0.4, -0.2) is 43.4 Å². The minimum Gasteiger partial charge on any atom is -0.741 e. The topological polar surface area (TPSA) is 122 Å². The van der Waals surface area contributed by atoms with Crippen molar-refractivity contribution in [3.8, 4) is 34.0 Å². The number of benzene rings is 1. The van der Waals surface area contributed by atoms with Crippen molar-refractivity contribution in [3.63, 3.8) is 0 Å². The summed E-state index contributed by atoms with van der Waals surface area (Å²) in [5, 5.41) is 0. The van der Waals surface area contributed by atoms with Crippen LogP contribution in [0.25, 0.3) is 34.0 Å². The van der Waals surface area contributed by atoms with E-state index in [0.717, 1.165) is 38.5 Å². The number of hydrogen-bond acceptors (Lipinski definition) is 8. The summed E-state index contributed by atoms with van der Waals surface area (Å²) in [5.41, 5.74) is 1.17. The molecule has 0 aliphatic rings. The van der Waals surface area contributed by atoms with Gasteiger partial charge in [-0.25, -0.2) is 8.42 Å². The van der Waals surface area contributed by atoms with Gasteiger partial charge >= 0.3 is 25.0 Å². The first-order chi connectivity index (χ1) is 21.9. The van der Waals surface area contributed by atoms with Crippen molar-refractivity contribution >= 4 is 26.0 Å². The molecule has 0 atom stereocenters. The molecule has 6 aromatic rings. The van der Waals surface area contributed by atoms with Gasteiger partial charge in [-0.2, -0.15) is 13.2 Å². The number of hydrogen-bond donors (Lipinski definition) is 0. The number of nitrogens with zero attached hydrogens (tertiary/aromatic N) is 5. The summed E-state index contributed by atoms with van der Waals surface area (Å²) in [4.78, 5) is 21.1. The number of rotatable bonds is 3. The number of alkyl halides is 3. The van der Waals surface area contributed by atoms with E-state index in [0.29, 0.717) is 0 Å². The van der Waals surface area contributed by atoms with Crippen LogP contribution in [-0.2, 0) is 29.6 Å². The van der Waals surface area contributed by atoms with Gasteiger partial charge in [0.1, 0.15) is 0 Å². The van der Waals surface area contributed by atoms with Crippen molar-refractivity contribution in [1.82, 2.24) is 24.9 Å². The van der Waals surface area contributed by atoms with Crippen molar-refractivity contribution < 1.29 is 45.6 Å². The molecule has 0 radical (unpaired) electrons. The molecule has 0 unspecified atom stereocenters. The fraction of sp³-hybridized carbons (Fsp3) is 0.0606. The average Bonchev–Trinajstić information content (AvgIpc) is 3.07. The summed E-state index contributed by atoms with van der Waals surface area (Å²) in [6.07, 6.45) is 8.94. The van der Waals surface area contributed by atoms with Crippen molar-refractivity contribution in [3.05, 3.63) is 150 Å². The third-order valence-corrected chi connectivity index (χ3v) is 6.49. The standard InChI is InChI=1S/C12H9BrN.2C10H8N2.CHF3O3S.Ru/c1-9-2-7-12(14-8-9)10-3-5-11(13)6-4-10;2*1-3-7-11-9(5-1)10-6-2-4-8-12-10;2-1(3,4)8(5,6)7;/h2-3,5-8H,1H3;2*1-8H;(H,5,6,7);/q-1;;;;+2/p-1. The van der Waals surface area contributed by atoms with Gasteiger partial charge in [0.05, 0.1) is 22.8 Å². The molecule has 0 fully saturated rings. The van der Waals surface area contributed by atoms with E-state index in [1.807, 2.05) is 110 Å². The Balaban J connectivity index is 0.000000220. The van der Waals surface area contributed by atoms with Gasteiger partial charge in [0.25, 0.3) is 0 Å².